The molecule has 1 aromatic rings. The molecule has 0 spiro atoms. The first-order chi connectivity index (χ1) is 4.34. The number of nitrogens with zero attached hydrogens (tertiary/aromatic N) is 1. The molecule has 1 atom stereocenters. The molecule has 3 nitrogen and oxygen atoms in total. The van der Waals surface area contributed by atoms with Gasteiger partial charge in [0.05, 0.1) is 0 Å². The topological polar surface area (TPSA) is 38.1 Å². The van der Waals surface area contributed by atoms with Crippen LogP contribution in [0.4, 0.5) is 0 Å². The fourth-order valence-corrected chi connectivity index (χ4v) is 0.593. The van der Waals surface area contributed by atoms with Crippen LogP contribution in [0.1, 0.15) is 18.7 Å². The lowest BCUT2D eigenvalue weighted by Gasteiger charge is -2.02. The summed E-state index contributed by atoms with van der Waals surface area (Å²) < 4.78 is 4.65. The van der Waals surface area contributed by atoms with Gasteiger partial charge in [0, 0.05) is 12.1 Å². The van der Waals surface area contributed by atoms with Crippen molar-refractivity contribution in [3.8, 4) is 0 Å². The van der Waals surface area contributed by atoms with Crippen molar-refractivity contribution in [2.45, 2.75) is 13.0 Å². The number of nitrogens with one attached hydrogen (secondary N) is 1. The normalized spacial score (nSPS) is 13.6. The standard InChI is InChI=1S/C6H10N2O/c1-5(7-2)6-3-4-9-8-6/h3-5,7H,1-2H3/t5-/m0/s1. The first-order valence-corrected chi connectivity index (χ1v) is 2.92. The second-order valence-corrected chi connectivity index (χ2v) is 1.93. The fraction of sp³-hybridized carbons (Fsp3) is 0.500. The second-order valence-electron chi connectivity index (χ2n) is 1.93. The molecule has 50 valence electrons. The number of hydrogen-bond acceptors (Lipinski definition) is 3. The Morgan fingerprint density at radius 1 is 1.78 bits per heavy atom. The maximum Gasteiger partial charge on any atom is 0.124 e. The van der Waals surface area contributed by atoms with Crippen LogP contribution in [0.25, 0.3) is 0 Å². The van der Waals surface area contributed by atoms with Gasteiger partial charge in [-0.3, -0.25) is 0 Å². The van der Waals surface area contributed by atoms with Gasteiger partial charge in [0.1, 0.15) is 12.0 Å². The quantitative estimate of drug-likeness (QED) is 0.641. The van der Waals surface area contributed by atoms with Crippen LogP contribution in [0.15, 0.2) is 16.9 Å². The predicted octanol–water partition coefficient (Wildman–Crippen LogP) is 0.955. The number of hydrogen-bond donors (Lipinski definition) is 1. The summed E-state index contributed by atoms with van der Waals surface area (Å²) in [5.41, 5.74) is 0.942. The van der Waals surface area contributed by atoms with Crippen LogP contribution in [0.2, 0.25) is 0 Å². The highest BCUT2D eigenvalue weighted by Gasteiger charge is 2.03. The molecule has 1 heterocycles. The minimum absolute atomic E-state index is 0.281. The molecule has 0 aromatic carbocycles. The average Bonchev–Trinajstić information content (AvgIpc) is 2.37. The van der Waals surface area contributed by atoms with Crippen molar-refractivity contribution in [1.82, 2.24) is 10.5 Å². The van der Waals surface area contributed by atoms with E-state index in [2.05, 4.69) is 15.0 Å². The van der Waals surface area contributed by atoms with Crippen molar-refractivity contribution in [2.75, 3.05) is 7.05 Å². The van der Waals surface area contributed by atoms with E-state index >= 15 is 0 Å². The van der Waals surface area contributed by atoms with E-state index in [4.69, 9.17) is 0 Å². The molecule has 1 aromatic heterocycles. The SMILES string of the molecule is CN[C@@H](C)c1ccon1. The Balaban J connectivity index is 2.65. The highest BCUT2D eigenvalue weighted by Crippen LogP contribution is 2.06. The Morgan fingerprint density at radius 2 is 2.56 bits per heavy atom. The summed E-state index contributed by atoms with van der Waals surface area (Å²) in [6.07, 6.45) is 1.57. The molecule has 0 aliphatic carbocycles. The largest absolute Gasteiger partial charge is 0.364 e. The Kier molecular flexibility index (Phi) is 1.85. The Morgan fingerprint density at radius 3 is 3.00 bits per heavy atom. The molecule has 0 fully saturated rings. The summed E-state index contributed by atoms with van der Waals surface area (Å²) in [5, 5.41) is 6.79. The Bertz CT molecular complexity index is 160. The summed E-state index contributed by atoms with van der Waals surface area (Å²) in [6.45, 7) is 2.03. The zero-order chi connectivity index (χ0) is 6.69. The van der Waals surface area contributed by atoms with Gasteiger partial charge in [-0.25, -0.2) is 0 Å². The molecular weight excluding hydrogens is 116 g/mol. The first kappa shape index (κ1) is 6.29. The van der Waals surface area contributed by atoms with Crippen LogP contribution in [-0.2, 0) is 0 Å². The third-order valence-corrected chi connectivity index (χ3v) is 1.33. The van der Waals surface area contributed by atoms with Gasteiger partial charge in [-0.15, -0.1) is 0 Å². The van der Waals surface area contributed by atoms with Gasteiger partial charge in [0.2, 0.25) is 0 Å². The van der Waals surface area contributed by atoms with Gasteiger partial charge in [-0.1, -0.05) is 5.16 Å². The summed E-state index contributed by atoms with van der Waals surface area (Å²) >= 11 is 0. The monoisotopic (exact) mass is 126 g/mol. The lowest BCUT2D eigenvalue weighted by Crippen LogP contribution is -2.12. The molecule has 0 unspecified atom stereocenters. The van der Waals surface area contributed by atoms with Crippen molar-refractivity contribution in [3.05, 3.63) is 18.0 Å². The molecule has 0 radical (unpaired) electrons. The van der Waals surface area contributed by atoms with E-state index in [1.165, 1.54) is 0 Å². The van der Waals surface area contributed by atoms with E-state index in [0.717, 1.165) is 5.69 Å². The molecule has 0 bridgehead atoms. The number of aromatic nitrogens is 1. The summed E-state index contributed by atoms with van der Waals surface area (Å²) in [6, 6.07) is 2.13. The lowest BCUT2D eigenvalue weighted by atomic mass is 10.2. The van der Waals surface area contributed by atoms with Crippen molar-refractivity contribution in [3.63, 3.8) is 0 Å². The van der Waals surface area contributed by atoms with Gasteiger partial charge >= 0.3 is 0 Å². The van der Waals surface area contributed by atoms with E-state index in [1.807, 2.05) is 20.0 Å². The maximum absolute atomic E-state index is 4.65. The Hall–Kier alpha value is -0.830. The van der Waals surface area contributed by atoms with Crippen LogP contribution in [0.3, 0.4) is 0 Å². The van der Waals surface area contributed by atoms with Gasteiger partial charge in [-0.05, 0) is 14.0 Å². The van der Waals surface area contributed by atoms with E-state index in [1.54, 1.807) is 6.26 Å². The summed E-state index contributed by atoms with van der Waals surface area (Å²) in [7, 11) is 1.89. The zero-order valence-corrected chi connectivity index (χ0v) is 5.59. The van der Waals surface area contributed by atoms with Crippen molar-refractivity contribution < 1.29 is 4.52 Å². The highest BCUT2D eigenvalue weighted by atomic mass is 16.5. The second kappa shape index (κ2) is 2.64. The maximum atomic E-state index is 4.65. The van der Waals surface area contributed by atoms with Crippen LogP contribution in [0.5, 0.6) is 0 Å². The molecule has 9 heavy (non-hydrogen) atoms. The number of rotatable bonds is 2. The van der Waals surface area contributed by atoms with Gasteiger partial charge in [0.15, 0.2) is 0 Å². The minimum atomic E-state index is 0.281. The van der Waals surface area contributed by atoms with Crippen LogP contribution >= 0.6 is 0 Å². The summed E-state index contributed by atoms with van der Waals surface area (Å²) in [5.74, 6) is 0. The molecule has 0 saturated heterocycles. The van der Waals surface area contributed by atoms with Crippen molar-refractivity contribution in [1.29, 1.82) is 0 Å². The fourth-order valence-electron chi connectivity index (χ4n) is 0.593. The lowest BCUT2D eigenvalue weighted by molar-refractivity contribution is 0.402. The van der Waals surface area contributed by atoms with Gasteiger partial charge < -0.3 is 9.84 Å². The van der Waals surface area contributed by atoms with Crippen molar-refractivity contribution >= 4 is 0 Å². The minimum Gasteiger partial charge on any atom is -0.364 e. The third-order valence-electron chi connectivity index (χ3n) is 1.33. The predicted molar refractivity (Wildman–Crippen MR) is 34.0 cm³/mol. The molecular formula is C6H10N2O. The van der Waals surface area contributed by atoms with E-state index < -0.39 is 0 Å². The molecule has 0 saturated carbocycles. The third kappa shape index (κ3) is 1.29. The van der Waals surface area contributed by atoms with Crippen LogP contribution in [-0.4, -0.2) is 12.2 Å². The van der Waals surface area contributed by atoms with E-state index in [0.29, 0.717) is 0 Å². The van der Waals surface area contributed by atoms with Crippen LogP contribution in [0, 0.1) is 0 Å². The molecule has 1 N–H and O–H groups in total. The van der Waals surface area contributed by atoms with E-state index in [-0.39, 0.29) is 6.04 Å². The van der Waals surface area contributed by atoms with E-state index in [9.17, 15) is 0 Å². The Labute approximate surface area is 54.0 Å². The molecule has 0 aliphatic heterocycles. The molecule has 3 heteroatoms. The highest BCUT2D eigenvalue weighted by molar-refractivity contribution is 5.00. The zero-order valence-electron chi connectivity index (χ0n) is 5.59. The molecule has 0 amide bonds. The molecule has 0 aliphatic rings. The first-order valence-electron chi connectivity index (χ1n) is 2.92. The average molecular weight is 126 g/mol. The van der Waals surface area contributed by atoms with Gasteiger partial charge in [-0.2, -0.15) is 0 Å². The van der Waals surface area contributed by atoms with Crippen molar-refractivity contribution in [2.24, 2.45) is 0 Å². The smallest absolute Gasteiger partial charge is 0.124 e. The van der Waals surface area contributed by atoms with Crippen LogP contribution < -0.4 is 5.32 Å². The molecule has 1 rings (SSSR count). The summed E-state index contributed by atoms with van der Waals surface area (Å²) in [4.78, 5) is 0. The van der Waals surface area contributed by atoms with Gasteiger partial charge in [0.25, 0.3) is 0 Å².